The maximum Gasteiger partial charge on any atom is 0.329 e. The van der Waals surface area contributed by atoms with E-state index in [9.17, 15) is 14.4 Å². The average molecular weight is 345 g/mol. The van der Waals surface area contributed by atoms with Crippen LogP contribution in [0.25, 0.3) is 0 Å². The zero-order chi connectivity index (χ0) is 15.1. The van der Waals surface area contributed by atoms with Crippen molar-refractivity contribution in [3.63, 3.8) is 0 Å². The number of aryl methyl sites for hydroxylation is 1. The minimum Gasteiger partial charge on any atom is -0.480 e. The first kappa shape index (κ1) is 16.1. The molecule has 0 aliphatic rings. The largest absolute Gasteiger partial charge is 0.480 e. The molecule has 7 nitrogen and oxygen atoms in total. The molecule has 0 heterocycles. The third kappa shape index (κ3) is 5.37. The number of imide groups is 1. The Kier molecular flexibility index (Phi) is 6.13. The number of benzene rings is 1. The van der Waals surface area contributed by atoms with E-state index in [0.717, 1.165) is 5.56 Å². The second kappa shape index (κ2) is 7.61. The van der Waals surface area contributed by atoms with Crippen LogP contribution in [0, 0.1) is 6.92 Å². The fourth-order valence-electron chi connectivity index (χ4n) is 1.29. The van der Waals surface area contributed by atoms with E-state index in [1.807, 2.05) is 18.3 Å². The third-order valence-corrected chi connectivity index (χ3v) is 3.20. The monoisotopic (exact) mass is 344 g/mol. The maximum atomic E-state index is 11.5. The van der Waals surface area contributed by atoms with Crippen LogP contribution in [0.1, 0.15) is 5.56 Å². The van der Waals surface area contributed by atoms with Crippen LogP contribution in [0.2, 0.25) is 0 Å². The van der Waals surface area contributed by atoms with Crippen molar-refractivity contribution in [2.24, 2.45) is 0 Å². The second-order valence-corrected chi connectivity index (χ2v) is 4.62. The molecule has 8 heteroatoms. The molecule has 0 aromatic heterocycles. The number of hydrogen-bond donors (Lipinski definition) is 3. The topological polar surface area (TPSA) is 105 Å². The van der Waals surface area contributed by atoms with Crippen molar-refractivity contribution in [2.45, 2.75) is 6.92 Å². The number of carboxylic acids is 1. The van der Waals surface area contributed by atoms with E-state index in [0.29, 0.717) is 10.2 Å². The van der Waals surface area contributed by atoms with Crippen molar-refractivity contribution in [3.8, 4) is 0 Å². The molecular formula is C12H13BrN2O5. The van der Waals surface area contributed by atoms with E-state index in [1.54, 1.807) is 12.1 Å². The van der Waals surface area contributed by atoms with Gasteiger partial charge >= 0.3 is 12.0 Å². The number of halogens is 1. The van der Waals surface area contributed by atoms with Crippen LogP contribution in [-0.4, -0.2) is 36.2 Å². The molecule has 0 fully saturated rings. The van der Waals surface area contributed by atoms with Crippen LogP contribution >= 0.6 is 15.9 Å². The number of anilines is 1. The molecule has 0 spiro atoms. The number of hydrogen-bond acceptors (Lipinski definition) is 4. The number of aliphatic carboxylic acids is 1. The quantitative estimate of drug-likeness (QED) is 0.750. The highest BCUT2D eigenvalue weighted by Gasteiger charge is 2.11. The molecule has 20 heavy (non-hydrogen) atoms. The Hall–Kier alpha value is -1.93. The molecule has 3 amide bonds. The van der Waals surface area contributed by atoms with Crippen LogP contribution in [-0.2, 0) is 14.3 Å². The van der Waals surface area contributed by atoms with Crippen molar-refractivity contribution in [1.82, 2.24) is 5.32 Å². The molecule has 0 atom stereocenters. The number of ether oxygens (including phenoxy) is 1. The smallest absolute Gasteiger partial charge is 0.329 e. The number of carbonyl (C=O) groups is 3. The van der Waals surface area contributed by atoms with E-state index < -0.39 is 31.1 Å². The predicted octanol–water partition coefficient (Wildman–Crippen LogP) is 1.51. The normalized spacial score (nSPS) is 9.90. The SMILES string of the molecule is Cc1cccc(NC(=O)NC(=O)COCC(=O)O)c1Br. The Morgan fingerprint density at radius 1 is 1.30 bits per heavy atom. The highest BCUT2D eigenvalue weighted by atomic mass is 79.9. The first-order chi connectivity index (χ1) is 9.40. The Morgan fingerprint density at radius 2 is 2.00 bits per heavy atom. The van der Waals surface area contributed by atoms with Gasteiger partial charge in [-0.15, -0.1) is 0 Å². The van der Waals surface area contributed by atoms with Crippen molar-refractivity contribution in [2.75, 3.05) is 18.5 Å². The molecule has 1 rings (SSSR count). The van der Waals surface area contributed by atoms with Gasteiger partial charge in [0.15, 0.2) is 0 Å². The average Bonchev–Trinajstić information content (AvgIpc) is 2.34. The zero-order valence-electron chi connectivity index (χ0n) is 10.6. The number of carbonyl (C=O) groups excluding carboxylic acids is 2. The molecular weight excluding hydrogens is 332 g/mol. The molecule has 108 valence electrons. The minimum absolute atomic E-state index is 0.505. The lowest BCUT2D eigenvalue weighted by Gasteiger charge is -2.09. The summed E-state index contributed by atoms with van der Waals surface area (Å²) in [5.41, 5.74) is 1.45. The summed E-state index contributed by atoms with van der Waals surface area (Å²) in [7, 11) is 0. The minimum atomic E-state index is -1.19. The first-order valence-corrected chi connectivity index (χ1v) is 6.35. The van der Waals surface area contributed by atoms with Crippen molar-refractivity contribution in [3.05, 3.63) is 28.2 Å². The summed E-state index contributed by atoms with van der Waals surface area (Å²) in [5, 5.41) is 12.8. The highest BCUT2D eigenvalue weighted by molar-refractivity contribution is 9.10. The van der Waals surface area contributed by atoms with Crippen LogP contribution in [0.5, 0.6) is 0 Å². The summed E-state index contributed by atoms with van der Waals surface area (Å²) in [4.78, 5) is 33.0. The molecule has 0 aliphatic carbocycles. The molecule has 0 saturated carbocycles. The summed E-state index contributed by atoms with van der Waals surface area (Å²) < 4.78 is 5.26. The first-order valence-electron chi connectivity index (χ1n) is 5.55. The highest BCUT2D eigenvalue weighted by Crippen LogP contribution is 2.25. The van der Waals surface area contributed by atoms with E-state index in [1.165, 1.54) is 0 Å². The molecule has 0 bridgehead atoms. The van der Waals surface area contributed by atoms with Crippen LogP contribution < -0.4 is 10.6 Å². The van der Waals surface area contributed by atoms with Gasteiger partial charge in [-0.25, -0.2) is 9.59 Å². The van der Waals surface area contributed by atoms with Crippen LogP contribution in [0.4, 0.5) is 10.5 Å². The Morgan fingerprint density at radius 3 is 2.65 bits per heavy atom. The molecule has 0 radical (unpaired) electrons. The van der Waals surface area contributed by atoms with Crippen LogP contribution in [0.3, 0.4) is 0 Å². The van der Waals surface area contributed by atoms with E-state index in [2.05, 4.69) is 26.0 Å². The van der Waals surface area contributed by atoms with Crippen molar-refractivity contribution >= 4 is 39.5 Å². The zero-order valence-corrected chi connectivity index (χ0v) is 12.2. The van der Waals surface area contributed by atoms with Gasteiger partial charge in [0.05, 0.1) is 5.69 Å². The van der Waals surface area contributed by atoms with Gasteiger partial charge in [-0.05, 0) is 34.5 Å². The Labute approximate surface area is 123 Å². The Bertz CT molecular complexity index is 533. The standard InChI is InChI=1S/C12H13BrN2O5/c1-7-3-2-4-8(11(7)13)14-12(19)15-9(16)5-20-6-10(17)18/h2-4H,5-6H2,1H3,(H,17,18)(H2,14,15,16,19). The number of urea groups is 1. The molecule has 0 aliphatic heterocycles. The summed E-state index contributed by atoms with van der Waals surface area (Å²) in [6.07, 6.45) is 0. The summed E-state index contributed by atoms with van der Waals surface area (Å²) in [6, 6.07) is 4.56. The lowest BCUT2D eigenvalue weighted by molar-refractivity contribution is -0.143. The summed E-state index contributed by atoms with van der Waals surface area (Å²) in [5.74, 6) is -1.92. The predicted molar refractivity (Wildman–Crippen MR) is 74.5 cm³/mol. The molecule has 1 aromatic rings. The van der Waals surface area contributed by atoms with E-state index in [4.69, 9.17) is 5.11 Å². The second-order valence-electron chi connectivity index (χ2n) is 3.83. The van der Waals surface area contributed by atoms with Crippen molar-refractivity contribution < 1.29 is 24.2 Å². The number of amides is 3. The van der Waals surface area contributed by atoms with Gasteiger partial charge in [0.25, 0.3) is 5.91 Å². The molecule has 0 unspecified atom stereocenters. The van der Waals surface area contributed by atoms with Gasteiger partial charge in [-0.2, -0.15) is 0 Å². The van der Waals surface area contributed by atoms with Gasteiger partial charge in [-0.1, -0.05) is 12.1 Å². The van der Waals surface area contributed by atoms with E-state index in [-0.39, 0.29) is 0 Å². The van der Waals surface area contributed by atoms with E-state index >= 15 is 0 Å². The maximum absolute atomic E-state index is 11.5. The van der Waals surface area contributed by atoms with Gasteiger partial charge in [0.2, 0.25) is 0 Å². The van der Waals surface area contributed by atoms with Gasteiger partial charge in [0.1, 0.15) is 13.2 Å². The fraction of sp³-hybridized carbons (Fsp3) is 0.250. The lowest BCUT2D eigenvalue weighted by Crippen LogP contribution is -2.37. The van der Waals surface area contributed by atoms with Crippen LogP contribution in [0.15, 0.2) is 22.7 Å². The third-order valence-electron chi connectivity index (χ3n) is 2.15. The fourth-order valence-corrected chi connectivity index (χ4v) is 1.65. The number of rotatable bonds is 5. The van der Waals surface area contributed by atoms with Crippen molar-refractivity contribution in [1.29, 1.82) is 0 Å². The molecule has 0 saturated heterocycles. The number of nitrogens with one attached hydrogen (secondary N) is 2. The summed E-state index contributed by atoms with van der Waals surface area (Å²) in [6.45, 7) is 0.755. The number of carboxylic acid groups (broad SMARTS) is 1. The van der Waals surface area contributed by atoms with Gasteiger partial charge < -0.3 is 15.2 Å². The van der Waals surface area contributed by atoms with Gasteiger partial charge in [0, 0.05) is 4.47 Å². The lowest BCUT2D eigenvalue weighted by atomic mass is 10.2. The molecule has 3 N–H and O–H groups in total. The Balaban J connectivity index is 2.45. The summed E-state index contributed by atoms with van der Waals surface area (Å²) >= 11 is 3.32. The molecule has 1 aromatic carbocycles. The van der Waals surface area contributed by atoms with Gasteiger partial charge in [-0.3, -0.25) is 10.1 Å².